The van der Waals surface area contributed by atoms with Crippen LogP contribution in [-0.2, 0) is 4.79 Å². The van der Waals surface area contributed by atoms with E-state index in [4.69, 9.17) is 0 Å². The third kappa shape index (κ3) is 21.4. The van der Waals surface area contributed by atoms with Crippen LogP contribution in [0.1, 0.15) is 136 Å². The van der Waals surface area contributed by atoms with Gasteiger partial charge in [0.2, 0.25) is 0 Å². The minimum absolute atomic E-state index is 0. The summed E-state index contributed by atoms with van der Waals surface area (Å²) in [5.74, 6) is -0.889. The van der Waals surface area contributed by atoms with Crippen molar-refractivity contribution in [1.29, 1.82) is 0 Å². The van der Waals surface area contributed by atoms with Crippen molar-refractivity contribution in [2.45, 2.75) is 142 Å². The maximum Gasteiger partial charge on any atom is 1.00 e. The zero-order chi connectivity index (χ0) is 20.9. The van der Waals surface area contributed by atoms with E-state index < -0.39 is 5.97 Å². The van der Waals surface area contributed by atoms with Crippen molar-refractivity contribution in [2.75, 3.05) is 13.1 Å². The van der Waals surface area contributed by atoms with Gasteiger partial charge in [-0.05, 0) is 45.2 Å². The van der Waals surface area contributed by atoms with Crippen LogP contribution in [0.15, 0.2) is 0 Å². The molecule has 0 saturated carbocycles. The Balaban J connectivity index is 0. The van der Waals surface area contributed by atoms with Crippen molar-refractivity contribution < 1.29 is 39.5 Å². The van der Waals surface area contributed by atoms with E-state index in [0.29, 0.717) is 6.04 Å². The molecular weight excluding hydrogens is 369 g/mol. The van der Waals surface area contributed by atoms with Crippen LogP contribution in [0.4, 0.5) is 0 Å². The smallest absolute Gasteiger partial charge is 0.550 e. The molecule has 0 aliphatic carbocycles. The molecule has 0 aliphatic heterocycles. The maximum atomic E-state index is 11.0. The van der Waals surface area contributed by atoms with E-state index in [1.807, 2.05) is 0 Å². The van der Waals surface area contributed by atoms with Crippen molar-refractivity contribution in [1.82, 2.24) is 4.90 Å². The molecule has 168 valence electrons. The number of nitrogens with zero attached hydrogens (tertiary/aromatic N) is 1. The van der Waals surface area contributed by atoms with Gasteiger partial charge >= 0.3 is 29.6 Å². The average molecular weight is 420 g/mol. The van der Waals surface area contributed by atoms with E-state index in [1.54, 1.807) is 0 Å². The largest absolute Gasteiger partial charge is 1.00 e. The Morgan fingerprint density at radius 2 is 1.07 bits per heavy atom. The molecule has 0 aromatic carbocycles. The first-order valence-electron chi connectivity index (χ1n) is 12.6. The summed E-state index contributed by atoms with van der Waals surface area (Å²) in [6.07, 6.45) is 21.7. The van der Waals surface area contributed by atoms with Crippen LogP contribution < -0.4 is 34.7 Å². The number of aliphatic carboxylic acids is 1. The Labute approximate surface area is 205 Å². The summed E-state index contributed by atoms with van der Waals surface area (Å²) in [5, 5.41) is 11.0. The predicted molar refractivity (Wildman–Crippen MR) is 120 cm³/mol. The molecule has 4 heteroatoms. The molecule has 0 bridgehead atoms. The molecule has 0 fully saturated rings. The maximum absolute atomic E-state index is 11.0. The van der Waals surface area contributed by atoms with Gasteiger partial charge < -0.3 is 14.8 Å². The van der Waals surface area contributed by atoms with Gasteiger partial charge in [-0.1, -0.05) is 104 Å². The Hall–Kier alpha value is 0.430. The summed E-state index contributed by atoms with van der Waals surface area (Å²) >= 11 is 0. The molecule has 0 radical (unpaired) electrons. The molecule has 29 heavy (non-hydrogen) atoms. The quantitative estimate of drug-likeness (QED) is 0.199. The Morgan fingerprint density at radius 3 is 1.52 bits per heavy atom. The average Bonchev–Trinajstić information content (AvgIpc) is 2.68. The molecule has 0 aromatic heterocycles. The van der Waals surface area contributed by atoms with Crippen LogP contribution >= 0.6 is 0 Å². The van der Waals surface area contributed by atoms with E-state index in [0.717, 1.165) is 25.9 Å². The molecular formula is C25H50NNaO2. The number of unbranched alkanes of at least 4 members (excludes halogenated alkanes) is 12. The number of carboxylic acids is 1. The molecule has 0 spiro atoms. The molecule has 1 unspecified atom stereocenters. The third-order valence-corrected chi connectivity index (χ3v) is 5.94. The number of hydrogen-bond donors (Lipinski definition) is 0. The molecule has 0 heterocycles. The Kier molecular flexibility index (Phi) is 26.9. The SMILES string of the molecule is CCCCCCCCN(CCCCCCCC)C(CCCCC)CCC(=O)[O-].[Na+]. The van der Waals surface area contributed by atoms with Crippen LogP contribution in [0.25, 0.3) is 0 Å². The van der Waals surface area contributed by atoms with Crippen molar-refractivity contribution in [3.8, 4) is 0 Å². The zero-order valence-electron chi connectivity index (χ0n) is 20.5. The van der Waals surface area contributed by atoms with Gasteiger partial charge in [0.15, 0.2) is 0 Å². The summed E-state index contributed by atoms with van der Waals surface area (Å²) in [6, 6.07) is 0.427. The second-order valence-electron chi connectivity index (χ2n) is 8.63. The summed E-state index contributed by atoms with van der Waals surface area (Å²) in [4.78, 5) is 13.7. The van der Waals surface area contributed by atoms with Crippen molar-refractivity contribution in [2.24, 2.45) is 0 Å². The first-order chi connectivity index (χ1) is 13.7. The van der Waals surface area contributed by atoms with E-state index in [9.17, 15) is 9.90 Å². The van der Waals surface area contributed by atoms with Gasteiger partial charge in [0, 0.05) is 12.0 Å². The van der Waals surface area contributed by atoms with E-state index in [-0.39, 0.29) is 36.0 Å². The van der Waals surface area contributed by atoms with Crippen LogP contribution in [-0.4, -0.2) is 30.0 Å². The first-order valence-corrected chi connectivity index (χ1v) is 12.6. The number of rotatable bonds is 22. The third-order valence-electron chi connectivity index (χ3n) is 5.94. The van der Waals surface area contributed by atoms with Gasteiger partial charge in [-0.15, -0.1) is 0 Å². The van der Waals surface area contributed by atoms with Gasteiger partial charge in [-0.3, -0.25) is 0 Å². The van der Waals surface area contributed by atoms with Crippen LogP contribution in [0.2, 0.25) is 0 Å². The van der Waals surface area contributed by atoms with Gasteiger partial charge in [0.1, 0.15) is 0 Å². The summed E-state index contributed by atoms with van der Waals surface area (Å²) in [7, 11) is 0. The summed E-state index contributed by atoms with van der Waals surface area (Å²) < 4.78 is 0. The monoisotopic (exact) mass is 419 g/mol. The molecule has 0 rings (SSSR count). The van der Waals surface area contributed by atoms with Crippen LogP contribution in [0, 0.1) is 0 Å². The van der Waals surface area contributed by atoms with Gasteiger partial charge in [0.05, 0.1) is 0 Å². The standard InChI is InChI=1S/C25H51NO2.Na/c1-4-7-10-12-14-17-22-26(23-18-15-13-11-8-5-2)24(19-16-9-6-3)20-21-25(27)28;/h24H,4-23H2,1-3H3,(H,27,28);/q;+1/p-1. The summed E-state index contributed by atoms with van der Waals surface area (Å²) in [6.45, 7) is 9.05. The molecule has 0 saturated heterocycles. The molecule has 0 aliphatic rings. The number of carbonyl (C=O) groups excluding carboxylic acids is 1. The second kappa shape index (κ2) is 24.7. The Morgan fingerprint density at radius 1 is 0.655 bits per heavy atom. The zero-order valence-corrected chi connectivity index (χ0v) is 22.5. The molecule has 0 aromatic rings. The number of carbonyl (C=O) groups is 1. The minimum atomic E-state index is -0.889. The molecule has 0 amide bonds. The van der Waals surface area contributed by atoms with E-state index in [2.05, 4.69) is 25.7 Å². The van der Waals surface area contributed by atoms with Crippen LogP contribution in [0.3, 0.4) is 0 Å². The topological polar surface area (TPSA) is 43.4 Å². The van der Waals surface area contributed by atoms with Crippen LogP contribution in [0.5, 0.6) is 0 Å². The molecule has 1 atom stereocenters. The Bertz CT molecular complexity index is 323. The van der Waals surface area contributed by atoms with E-state index >= 15 is 0 Å². The van der Waals surface area contributed by atoms with Crippen molar-refractivity contribution in [3.05, 3.63) is 0 Å². The molecule has 3 nitrogen and oxygen atoms in total. The summed E-state index contributed by atoms with van der Waals surface area (Å²) in [5.41, 5.74) is 0. The molecule has 0 N–H and O–H groups in total. The normalized spacial score (nSPS) is 12.1. The fourth-order valence-corrected chi connectivity index (χ4v) is 4.09. The minimum Gasteiger partial charge on any atom is -0.550 e. The second-order valence-corrected chi connectivity index (χ2v) is 8.63. The van der Waals surface area contributed by atoms with Crippen molar-refractivity contribution in [3.63, 3.8) is 0 Å². The fourth-order valence-electron chi connectivity index (χ4n) is 4.09. The van der Waals surface area contributed by atoms with Gasteiger partial charge in [-0.2, -0.15) is 0 Å². The van der Waals surface area contributed by atoms with E-state index in [1.165, 1.54) is 96.3 Å². The number of carboxylic acid groups (broad SMARTS) is 1. The predicted octanol–water partition coefficient (Wildman–Crippen LogP) is 3.49. The fraction of sp³-hybridized carbons (Fsp3) is 0.960. The number of hydrogen-bond acceptors (Lipinski definition) is 3. The van der Waals surface area contributed by atoms with Gasteiger partial charge in [-0.25, -0.2) is 0 Å². The van der Waals surface area contributed by atoms with Gasteiger partial charge in [0.25, 0.3) is 0 Å². The first kappa shape index (κ1) is 31.6. The van der Waals surface area contributed by atoms with Crippen molar-refractivity contribution >= 4 is 5.97 Å².